The van der Waals surface area contributed by atoms with Gasteiger partial charge < -0.3 is 4.74 Å². The number of hydrogen-bond acceptors (Lipinski definition) is 5. The first-order chi connectivity index (χ1) is 15.0. The lowest BCUT2D eigenvalue weighted by atomic mass is 10.2. The predicted molar refractivity (Wildman–Crippen MR) is 117 cm³/mol. The molecule has 3 aromatic rings. The van der Waals surface area contributed by atoms with E-state index in [1.165, 1.54) is 4.90 Å². The summed E-state index contributed by atoms with van der Waals surface area (Å²) in [6, 6.07) is 17.2. The van der Waals surface area contributed by atoms with E-state index in [9.17, 15) is 9.59 Å². The molecule has 4 rings (SSSR count). The third-order valence-electron chi connectivity index (χ3n) is 5.11. The third-order valence-corrected chi connectivity index (χ3v) is 5.11. The van der Waals surface area contributed by atoms with Gasteiger partial charge in [0.25, 0.3) is 11.8 Å². The topological polar surface area (TPSA) is 88.8 Å². The summed E-state index contributed by atoms with van der Waals surface area (Å²) in [6.45, 7) is 4.30. The zero-order chi connectivity index (χ0) is 21.8. The molecule has 0 radical (unpaired) electrons. The lowest BCUT2D eigenvalue weighted by Gasteiger charge is -2.28. The molecule has 2 amide bonds. The first-order valence-corrected chi connectivity index (χ1v) is 9.95. The fourth-order valence-electron chi connectivity index (χ4n) is 3.48. The number of nitrogens with zero attached hydrogens (tertiary/aromatic N) is 4. The van der Waals surface area contributed by atoms with Crippen LogP contribution in [-0.4, -0.2) is 41.0 Å². The van der Waals surface area contributed by atoms with Crippen LogP contribution in [0.5, 0.6) is 5.75 Å². The average molecular weight is 417 g/mol. The largest absolute Gasteiger partial charge is 0.482 e. The second kappa shape index (κ2) is 8.83. The summed E-state index contributed by atoms with van der Waals surface area (Å²) < 4.78 is 7.31. The number of hydrazone groups is 1. The third kappa shape index (κ3) is 4.48. The zero-order valence-corrected chi connectivity index (χ0v) is 17.4. The number of hydrogen-bond donors (Lipinski definition) is 1. The number of nitrogens with one attached hydrogen (secondary N) is 1. The molecule has 8 nitrogen and oxygen atoms in total. The zero-order valence-electron chi connectivity index (χ0n) is 17.4. The number of para-hydroxylation sites is 2. The Labute approximate surface area is 180 Å². The second-order valence-corrected chi connectivity index (χ2v) is 7.26. The van der Waals surface area contributed by atoms with Crippen LogP contribution in [0.1, 0.15) is 22.5 Å². The van der Waals surface area contributed by atoms with Crippen molar-refractivity contribution in [1.29, 1.82) is 0 Å². The number of amides is 2. The van der Waals surface area contributed by atoms with E-state index < -0.39 is 5.91 Å². The van der Waals surface area contributed by atoms with E-state index in [2.05, 4.69) is 27.8 Å². The number of carbonyl (C=O) groups is 2. The molecule has 0 saturated heterocycles. The minimum absolute atomic E-state index is 0.0907. The molecule has 1 aliphatic rings. The summed E-state index contributed by atoms with van der Waals surface area (Å²) in [5.74, 6) is -0.0875. The Kier molecular flexibility index (Phi) is 5.79. The summed E-state index contributed by atoms with van der Waals surface area (Å²) in [4.78, 5) is 26.0. The molecule has 1 aromatic heterocycles. The molecule has 0 bridgehead atoms. The number of rotatable bonds is 6. The van der Waals surface area contributed by atoms with E-state index in [1.54, 1.807) is 24.4 Å². The van der Waals surface area contributed by atoms with Crippen molar-refractivity contribution in [2.75, 3.05) is 18.1 Å². The second-order valence-electron chi connectivity index (χ2n) is 7.26. The minimum atomic E-state index is -0.395. The Bertz CT molecular complexity index is 1140. The maximum atomic E-state index is 12.4. The van der Waals surface area contributed by atoms with Crippen LogP contribution in [0.25, 0.3) is 0 Å². The summed E-state index contributed by atoms with van der Waals surface area (Å²) in [7, 11) is 0. The van der Waals surface area contributed by atoms with Gasteiger partial charge in [-0.2, -0.15) is 10.2 Å². The number of aromatic nitrogens is 2. The van der Waals surface area contributed by atoms with E-state index >= 15 is 0 Å². The van der Waals surface area contributed by atoms with Gasteiger partial charge in [0.2, 0.25) is 0 Å². The Morgan fingerprint density at radius 1 is 1.16 bits per heavy atom. The number of aryl methyl sites for hydroxylation is 1. The Hall–Kier alpha value is -3.94. The van der Waals surface area contributed by atoms with Crippen molar-refractivity contribution < 1.29 is 14.3 Å². The number of carbonyl (C=O) groups excluding carboxylic acids is 2. The molecule has 2 aromatic carbocycles. The lowest BCUT2D eigenvalue weighted by molar-refractivity contribution is -0.125. The van der Waals surface area contributed by atoms with E-state index in [-0.39, 0.29) is 19.1 Å². The summed E-state index contributed by atoms with van der Waals surface area (Å²) in [5, 5.41) is 8.66. The minimum Gasteiger partial charge on any atom is -0.482 e. The summed E-state index contributed by atoms with van der Waals surface area (Å²) in [5.41, 5.74) is 6.86. The average Bonchev–Trinajstić information content (AvgIpc) is 3.04. The van der Waals surface area contributed by atoms with Crippen molar-refractivity contribution in [2.45, 2.75) is 20.4 Å². The van der Waals surface area contributed by atoms with Crippen molar-refractivity contribution in [3.05, 3.63) is 77.1 Å². The van der Waals surface area contributed by atoms with Crippen LogP contribution in [0.4, 0.5) is 5.69 Å². The van der Waals surface area contributed by atoms with E-state index in [1.807, 2.05) is 42.8 Å². The van der Waals surface area contributed by atoms with Gasteiger partial charge in [-0.15, -0.1) is 0 Å². The number of benzene rings is 2. The fourth-order valence-corrected chi connectivity index (χ4v) is 3.48. The van der Waals surface area contributed by atoms with Crippen LogP contribution in [-0.2, 0) is 16.1 Å². The molecule has 1 aliphatic heterocycles. The fraction of sp³-hybridized carbons (Fsp3) is 0.217. The van der Waals surface area contributed by atoms with Gasteiger partial charge in [-0.3, -0.25) is 19.2 Å². The highest BCUT2D eigenvalue weighted by molar-refractivity contribution is 6.02. The van der Waals surface area contributed by atoms with Crippen LogP contribution in [0, 0.1) is 13.8 Å². The molecular weight excluding hydrogens is 394 g/mol. The quantitative estimate of drug-likeness (QED) is 0.493. The van der Waals surface area contributed by atoms with Crippen LogP contribution >= 0.6 is 0 Å². The molecule has 2 heterocycles. The van der Waals surface area contributed by atoms with Crippen LogP contribution in [0.15, 0.2) is 59.7 Å². The van der Waals surface area contributed by atoms with Crippen molar-refractivity contribution >= 4 is 23.7 Å². The molecule has 0 aliphatic carbocycles. The van der Waals surface area contributed by atoms with E-state index in [4.69, 9.17) is 4.74 Å². The van der Waals surface area contributed by atoms with Crippen molar-refractivity contribution in [3.8, 4) is 5.75 Å². The highest BCUT2D eigenvalue weighted by Crippen LogP contribution is 2.31. The monoisotopic (exact) mass is 417 g/mol. The van der Waals surface area contributed by atoms with Crippen LogP contribution in [0.3, 0.4) is 0 Å². The first-order valence-electron chi connectivity index (χ1n) is 9.95. The van der Waals surface area contributed by atoms with Gasteiger partial charge in [0.15, 0.2) is 6.61 Å². The molecule has 8 heteroatoms. The van der Waals surface area contributed by atoms with Gasteiger partial charge in [-0.1, -0.05) is 42.5 Å². The standard InChI is InChI=1S/C23H23N5O3/c1-16-19(17(2)28(26-16)13-18-8-4-3-5-9-18)12-24-25-22(29)14-27-20-10-6-7-11-21(20)31-15-23(27)30/h3-12H,13-15H2,1-2H3,(H,25,29)/b24-12-. The number of fused-ring (bicyclic) bond motifs is 1. The molecule has 0 fully saturated rings. The van der Waals surface area contributed by atoms with Gasteiger partial charge >= 0.3 is 0 Å². The van der Waals surface area contributed by atoms with Crippen LogP contribution < -0.4 is 15.1 Å². The van der Waals surface area contributed by atoms with Crippen molar-refractivity contribution in [3.63, 3.8) is 0 Å². The maximum absolute atomic E-state index is 12.4. The molecule has 0 unspecified atom stereocenters. The molecule has 158 valence electrons. The van der Waals surface area contributed by atoms with Gasteiger partial charge in [0, 0.05) is 11.3 Å². The van der Waals surface area contributed by atoms with Gasteiger partial charge in [0.1, 0.15) is 12.3 Å². The highest BCUT2D eigenvalue weighted by atomic mass is 16.5. The first kappa shape index (κ1) is 20.3. The van der Waals surface area contributed by atoms with Gasteiger partial charge in [-0.25, -0.2) is 5.43 Å². The van der Waals surface area contributed by atoms with E-state index in [0.717, 1.165) is 22.5 Å². The lowest BCUT2D eigenvalue weighted by Crippen LogP contribution is -2.44. The van der Waals surface area contributed by atoms with Crippen molar-refractivity contribution in [1.82, 2.24) is 15.2 Å². The number of ether oxygens (including phenoxy) is 1. The molecular formula is C23H23N5O3. The normalized spacial score (nSPS) is 13.2. The SMILES string of the molecule is Cc1nn(Cc2ccccc2)c(C)c1/C=N\NC(=O)CN1C(=O)COc2ccccc21. The van der Waals surface area contributed by atoms with Crippen LogP contribution in [0.2, 0.25) is 0 Å². The smallest absolute Gasteiger partial charge is 0.265 e. The molecule has 0 atom stereocenters. The van der Waals surface area contributed by atoms with Gasteiger partial charge in [-0.05, 0) is 31.5 Å². The Morgan fingerprint density at radius 3 is 2.71 bits per heavy atom. The molecule has 1 N–H and O–H groups in total. The molecule has 31 heavy (non-hydrogen) atoms. The molecule has 0 saturated carbocycles. The predicted octanol–water partition coefficient (Wildman–Crippen LogP) is 2.42. The summed E-state index contributed by atoms with van der Waals surface area (Å²) in [6.07, 6.45) is 1.59. The molecule has 0 spiro atoms. The highest BCUT2D eigenvalue weighted by Gasteiger charge is 2.26. The maximum Gasteiger partial charge on any atom is 0.265 e. The Morgan fingerprint density at radius 2 is 1.90 bits per heavy atom. The number of anilines is 1. The van der Waals surface area contributed by atoms with Crippen molar-refractivity contribution in [2.24, 2.45) is 5.10 Å². The van der Waals surface area contributed by atoms with E-state index in [0.29, 0.717) is 18.0 Å². The van der Waals surface area contributed by atoms with Gasteiger partial charge in [0.05, 0.1) is 24.1 Å². The summed E-state index contributed by atoms with van der Waals surface area (Å²) >= 11 is 0. The Balaban J connectivity index is 1.41.